The second-order valence-corrected chi connectivity index (χ2v) is 3.25. The number of carbonyl (C=O) groups is 1. The maximum absolute atomic E-state index is 12.6. The first-order valence-electron chi connectivity index (χ1n) is 4.58. The number of alkyl halides is 3. The molecular weight excluding hydrogens is 205 g/mol. The van der Waals surface area contributed by atoms with Gasteiger partial charge in [-0.15, -0.1) is 0 Å². The lowest BCUT2D eigenvalue weighted by Crippen LogP contribution is -2.13. The third-order valence-corrected chi connectivity index (χ3v) is 2.19. The largest absolute Gasteiger partial charge is 0.417 e. The van der Waals surface area contributed by atoms with Gasteiger partial charge in [0.15, 0.2) is 5.78 Å². The molecule has 1 aromatic carbocycles. The maximum atomic E-state index is 12.6. The van der Waals surface area contributed by atoms with E-state index in [1.54, 1.807) is 13.0 Å². The van der Waals surface area contributed by atoms with Gasteiger partial charge in [0.05, 0.1) is 5.56 Å². The Bertz CT molecular complexity index is 380. The van der Waals surface area contributed by atoms with Crippen molar-refractivity contribution in [3.8, 4) is 0 Å². The molecule has 0 unspecified atom stereocenters. The van der Waals surface area contributed by atoms with E-state index in [2.05, 4.69) is 0 Å². The summed E-state index contributed by atoms with van der Waals surface area (Å²) in [5.41, 5.74) is -0.598. The number of benzene rings is 1. The van der Waals surface area contributed by atoms with Gasteiger partial charge in [-0.3, -0.25) is 4.79 Å². The standard InChI is InChI=1S/C11H11F3O/c1-3-8-5-4-6-9(11(12,13)14)10(8)7(2)15/h4-6H,3H2,1-2H3. The molecule has 0 saturated carbocycles. The van der Waals surface area contributed by atoms with E-state index in [0.717, 1.165) is 13.0 Å². The Balaban J connectivity index is 3.46. The fraction of sp³-hybridized carbons (Fsp3) is 0.364. The summed E-state index contributed by atoms with van der Waals surface area (Å²) in [4.78, 5) is 11.2. The van der Waals surface area contributed by atoms with Crippen LogP contribution >= 0.6 is 0 Å². The highest BCUT2D eigenvalue weighted by Gasteiger charge is 2.35. The first-order valence-corrected chi connectivity index (χ1v) is 4.58. The zero-order chi connectivity index (χ0) is 11.6. The molecule has 0 amide bonds. The molecule has 82 valence electrons. The molecule has 4 heteroatoms. The minimum absolute atomic E-state index is 0.201. The van der Waals surface area contributed by atoms with E-state index in [1.165, 1.54) is 6.07 Å². The topological polar surface area (TPSA) is 17.1 Å². The summed E-state index contributed by atoms with van der Waals surface area (Å²) >= 11 is 0. The minimum Gasteiger partial charge on any atom is -0.294 e. The van der Waals surface area contributed by atoms with E-state index < -0.39 is 17.5 Å². The fourth-order valence-electron chi connectivity index (χ4n) is 1.55. The third kappa shape index (κ3) is 2.37. The molecule has 0 aliphatic carbocycles. The van der Waals surface area contributed by atoms with Crippen molar-refractivity contribution >= 4 is 5.78 Å². The van der Waals surface area contributed by atoms with Gasteiger partial charge in [0.1, 0.15) is 0 Å². The Labute approximate surface area is 85.9 Å². The monoisotopic (exact) mass is 216 g/mol. The third-order valence-electron chi connectivity index (χ3n) is 2.19. The van der Waals surface area contributed by atoms with Crippen molar-refractivity contribution in [2.75, 3.05) is 0 Å². The normalized spacial score (nSPS) is 11.5. The lowest BCUT2D eigenvalue weighted by molar-refractivity contribution is -0.137. The second kappa shape index (κ2) is 4.04. The predicted molar refractivity (Wildman–Crippen MR) is 50.8 cm³/mol. The smallest absolute Gasteiger partial charge is 0.294 e. The highest BCUT2D eigenvalue weighted by atomic mass is 19.4. The van der Waals surface area contributed by atoms with Crippen LogP contribution in [-0.2, 0) is 12.6 Å². The summed E-state index contributed by atoms with van der Waals surface area (Å²) in [6, 6.07) is 3.82. The molecule has 0 fully saturated rings. The Morgan fingerprint density at radius 3 is 2.33 bits per heavy atom. The molecule has 0 aliphatic rings. The van der Waals surface area contributed by atoms with E-state index in [9.17, 15) is 18.0 Å². The molecule has 0 heterocycles. The predicted octanol–water partition coefficient (Wildman–Crippen LogP) is 3.47. The van der Waals surface area contributed by atoms with Crippen molar-refractivity contribution < 1.29 is 18.0 Å². The molecule has 15 heavy (non-hydrogen) atoms. The number of halogens is 3. The van der Waals surface area contributed by atoms with Gasteiger partial charge in [0.2, 0.25) is 0 Å². The zero-order valence-corrected chi connectivity index (χ0v) is 8.48. The van der Waals surface area contributed by atoms with Crippen LogP contribution < -0.4 is 0 Å². The highest BCUT2D eigenvalue weighted by molar-refractivity contribution is 5.97. The van der Waals surface area contributed by atoms with Gasteiger partial charge in [0.25, 0.3) is 0 Å². The second-order valence-electron chi connectivity index (χ2n) is 3.25. The molecule has 0 aromatic heterocycles. The van der Waals surface area contributed by atoms with Gasteiger partial charge in [-0.2, -0.15) is 13.2 Å². The molecule has 0 radical (unpaired) electrons. The van der Waals surface area contributed by atoms with Gasteiger partial charge in [0, 0.05) is 5.56 Å². The molecule has 1 rings (SSSR count). The fourth-order valence-corrected chi connectivity index (χ4v) is 1.55. The lowest BCUT2D eigenvalue weighted by Gasteiger charge is -2.13. The molecule has 0 N–H and O–H groups in total. The SMILES string of the molecule is CCc1cccc(C(F)(F)F)c1C(C)=O. The van der Waals surface area contributed by atoms with Crippen molar-refractivity contribution in [3.05, 3.63) is 34.9 Å². The van der Waals surface area contributed by atoms with Crippen LogP contribution in [0.5, 0.6) is 0 Å². The van der Waals surface area contributed by atoms with Crippen LogP contribution in [0, 0.1) is 0 Å². The molecule has 1 aromatic rings. The van der Waals surface area contributed by atoms with Crippen molar-refractivity contribution in [2.24, 2.45) is 0 Å². The summed E-state index contributed by atoms with van der Waals surface area (Å²) in [5.74, 6) is -0.542. The van der Waals surface area contributed by atoms with Crippen molar-refractivity contribution in [2.45, 2.75) is 26.4 Å². The molecule has 0 bridgehead atoms. The van der Waals surface area contributed by atoms with Crippen molar-refractivity contribution in [3.63, 3.8) is 0 Å². The highest BCUT2D eigenvalue weighted by Crippen LogP contribution is 2.33. The summed E-state index contributed by atoms with van der Waals surface area (Å²) in [5, 5.41) is 0. The number of aryl methyl sites for hydroxylation is 1. The quantitative estimate of drug-likeness (QED) is 0.692. The first kappa shape index (κ1) is 11.8. The van der Waals surface area contributed by atoms with E-state index >= 15 is 0 Å². The van der Waals surface area contributed by atoms with Crippen molar-refractivity contribution in [1.82, 2.24) is 0 Å². The molecular formula is C11H11F3O. The summed E-state index contributed by atoms with van der Waals surface area (Å²) in [7, 11) is 0. The molecule has 0 aliphatic heterocycles. The van der Waals surface area contributed by atoms with Crippen LogP contribution in [0.1, 0.15) is 35.3 Å². The Hall–Kier alpha value is -1.32. The maximum Gasteiger partial charge on any atom is 0.417 e. The van der Waals surface area contributed by atoms with Gasteiger partial charge in [-0.05, 0) is 25.0 Å². The van der Waals surface area contributed by atoms with Crippen LogP contribution in [0.15, 0.2) is 18.2 Å². The van der Waals surface area contributed by atoms with E-state index in [4.69, 9.17) is 0 Å². The number of ketones is 1. The average Bonchev–Trinajstić information content (AvgIpc) is 2.15. The van der Waals surface area contributed by atoms with Gasteiger partial charge in [-0.25, -0.2) is 0 Å². The Morgan fingerprint density at radius 2 is 1.93 bits per heavy atom. The molecule has 1 nitrogen and oxygen atoms in total. The summed E-state index contributed by atoms with van der Waals surface area (Å²) in [6.07, 6.45) is -4.05. The van der Waals surface area contributed by atoms with Crippen LogP contribution in [0.4, 0.5) is 13.2 Å². The molecule has 0 atom stereocenters. The van der Waals surface area contributed by atoms with Gasteiger partial charge in [-0.1, -0.05) is 19.1 Å². The summed E-state index contributed by atoms with van der Waals surface area (Å²) < 4.78 is 37.7. The number of hydrogen-bond donors (Lipinski definition) is 0. The van der Waals surface area contributed by atoms with Gasteiger partial charge < -0.3 is 0 Å². The Kier molecular flexibility index (Phi) is 3.17. The number of Topliss-reactive ketones (excluding diaryl/α,β-unsaturated/α-hetero) is 1. The molecule has 0 saturated heterocycles. The number of hydrogen-bond acceptors (Lipinski definition) is 1. The van der Waals surface area contributed by atoms with Crippen LogP contribution in [0.2, 0.25) is 0 Å². The average molecular weight is 216 g/mol. The van der Waals surface area contributed by atoms with Crippen molar-refractivity contribution in [1.29, 1.82) is 0 Å². The number of carbonyl (C=O) groups excluding carboxylic acids is 1. The Morgan fingerprint density at radius 1 is 1.33 bits per heavy atom. The van der Waals surface area contributed by atoms with E-state index in [0.29, 0.717) is 12.0 Å². The zero-order valence-electron chi connectivity index (χ0n) is 8.48. The summed E-state index contributed by atoms with van der Waals surface area (Å²) in [6.45, 7) is 2.88. The first-order chi connectivity index (χ1) is 6.88. The van der Waals surface area contributed by atoms with E-state index in [-0.39, 0.29) is 5.56 Å². The van der Waals surface area contributed by atoms with Crippen LogP contribution in [0.3, 0.4) is 0 Å². The number of rotatable bonds is 2. The molecule has 0 spiro atoms. The van der Waals surface area contributed by atoms with Crippen LogP contribution in [-0.4, -0.2) is 5.78 Å². The van der Waals surface area contributed by atoms with Gasteiger partial charge >= 0.3 is 6.18 Å². The van der Waals surface area contributed by atoms with E-state index in [1.807, 2.05) is 0 Å². The lowest BCUT2D eigenvalue weighted by atomic mass is 9.96. The minimum atomic E-state index is -4.47. The van der Waals surface area contributed by atoms with Crippen LogP contribution in [0.25, 0.3) is 0 Å².